The van der Waals surface area contributed by atoms with E-state index < -0.39 is 0 Å². The van der Waals surface area contributed by atoms with E-state index >= 15 is 0 Å². The Morgan fingerprint density at radius 3 is 1.52 bits per heavy atom. The fraction of sp³-hybridized carbons (Fsp3) is 0.586. The van der Waals surface area contributed by atoms with Crippen molar-refractivity contribution < 1.29 is 0 Å². The van der Waals surface area contributed by atoms with Crippen molar-refractivity contribution in [2.45, 2.75) is 101 Å². The molecule has 2 heterocycles. The summed E-state index contributed by atoms with van der Waals surface area (Å²) in [5, 5.41) is 0.973. The molecular weight excluding hydrogens is 410 g/mol. The van der Waals surface area contributed by atoms with Crippen LogP contribution < -0.4 is 0 Å². The lowest BCUT2D eigenvalue weighted by Crippen LogP contribution is -2.19. The van der Waals surface area contributed by atoms with Crippen molar-refractivity contribution in [3.63, 3.8) is 0 Å². The van der Waals surface area contributed by atoms with Crippen LogP contribution in [0, 0.1) is 5.92 Å². The van der Waals surface area contributed by atoms with E-state index in [1.165, 1.54) is 44.9 Å². The first kappa shape index (κ1) is 23.5. The predicted molar refractivity (Wildman–Crippen MR) is 142 cm³/mol. The van der Waals surface area contributed by atoms with Gasteiger partial charge in [0.15, 0.2) is 0 Å². The van der Waals surface area contributed by atoms with Gasteiger partial charge in [-0.2, -0.15) is 0 Å². The van der Waals surface area contributed by atoms with Crippen molar-refractivity contribution in [2.75, 3.05) is 0 Å². The Morgan fingerprint density at radius 1 is 0.677 bits per heavy atom. The minimum atomic E-state index is -0.0674. The first-order chi connectivity index (χ1) is 15.1. The average Bonchev–Trinajstić information content (AvgIpc) is 3.43. The fourth-order valence-corrected chi connectivity index (χ4v) is 17.5. The van der Waals surface area contributed by atoms with E-state index in [-0.39, 0.29) is 15.8 Å². The maximum atomic E-state index is 2.49. The lowest BCUT2D eigenvalue weighted by molar-refractivity contribution is 0.609. The predicted octanol–water partition coefficient (Wildman–Crippen LogP) is 9.95. The molecule has 5 atom stereocenters. The molecule has 2 aromatic carbocycles. The lowest BCUT2D eigenvalue weighted by atomic mass is 10.0. The van der Waals surface area contributed by atoms with Gasteiger partial charge in [-0.25, -0.2) is 0 Å². The second-order valence-corrected chi connectivity index (χ2v) is 16.3. The monoisotopic (exact) mass is 452 g/mol. The van der Waals surface area contributed by atoms with Gasteiger partial charge in [-0.3, -0.25) is 0 Å². The SMILES string of the molecule is CC[C@@H]1CC[C@@H](CC)P1C(CC(C)C)P1[C@H](c2ccccc2)CC[C@H]1c1ccccc1. The van der Waals surface area contributed by atoms with E-state index in [0.717, 1.165) is 34.0 Å². The van der Waals surface area contributed by atoms with Crippen LogP contribution in [0.1, 0.15) is 95.1 Å². The minimum Gasteiger partial charge on any atom is -0.0927 e. The van der Waals surface area contributed by atoms with Crippen LogP contribution in [0.3, 0.4) is 0 Å². The molecule has 2 aliphatic heterocycles. The summed E-state index contributed by atoms with van der Waals surface area (Å²) < 4.78 is 0. The molecule has 2 saturated heterocycles. The van der Waals surface area contributed by atoms with E-state index in [1.54, 1.807) is 11.1 Å². The van der Waals surface area contributed by atoms with E-state index in [2.05, 4.69) is 88.4 Å². The third kappa shape index (κ3) is 5.12. The largest absolute Gasteiger partial charge is 0.0927 e. The normalized spacial score (nSPS) is 28.4. The Labute approximate surface area is 194 Å². The van der Waals surface area contributed by atoms with Gasteiger partial charge in [0.25, 0.3) is 0 Å². The standard InChI is InChI=1S/C29H42P2/c1-5-25-17-18-26(6-2)30(25)29(21-22(3)4)31-27(23-13-9-7-10-14-23)19-20-28(31)24-15-11-8-12-16-24/h7-16,22,25-29H,5-6,17-21H2,1-4H3/t25-,26-,27+,28+,29?/m1/s1. The van der Waals surface area contributed by atoms with Crippen LogP contribution in [0.25, 0.3) is 0 Å². The molecule has 1 unspecified atom stereocenters. The van der Waals surface area contributed by atoms with Gasteiger partial charge in [0.2, 0.25) is 0 Å². The van der Waals surface area contributed by atoms with Crippen LogP contribution in [0.5, 0.6) is 0 Å². The summed E-state index contributed by atoms with van der Waals surface area (Å²) in [5.41, 5.74) is 6.89. The first-order valence-electron chi connectivity index (χ1n) is 12.8. The highest BCUT2D eigenvalue weighted by Gasteiger charge is 2.48. The molecular formula is C29H42P2. The van der Waals surface area contributed by atoms with Crippen LogP contribution in [-0.2, 0) is 0 Å². The highest BCUT2D eigenvalue weighted by atomic mass is 31.2. The third-order valence-electron chi connectivity index (χ3n) is 7.79. The van der Waals surface area contributed by atoms with Gasteiger partial charge in [0.05, 0.1) is 0 Å². The maximum Gasteiger partial charge on any atom is 0.00532 e. The number of benzene rings is 2. The van der Waals surface area contributed by atoms with Crippen molar-refractivity contribution in [1.82, 2.24) is 0 Å². The van der Waals surface area contributed by atoms with Crippen molar-refractivity contribution in [1.29, 1.82) is 0 Å². The van der Waals surface area contributed by atoms with Gasteiger partial charge in [-0.15, -0.1) is 0 Å². The van der Waals surface area contributed by atoms with Crippen molar-refractivity contribution >= 4 is 15.8 Å². The van der Waals surface area contributed by atoms with Crippen molar-refractivity contribution in [3.8, 4) is 0 Å². The lowest BCUT2D eigenvalue weighted by Gasteiger charge is -2.43. The molecule has 0 N–H and O–H groups in total. The summed E-state index contributed by atoms with van der Waals surface area (Å²) in [7, 11) is 0.0483. The number of hydrogen-bond acceptors (Lipinski definition) is 0. The quantitative estimate of drug-likeness (QED) is 0.350. The topological polar surface area (TPSA) is 0 Å². The second-order valence-electron chi connectivity index (χ2n) is 10.1. The van der Waals surface area contributed by atoms with E-state index in [1.807, 2.05) is 0 Å². The Bertz CT molecular complexity index is 727. The highest BCUT2D eigenvalue weighted by Crippen LogP contribution is 2.81. The Kier molecular flexibility index (Phi) is 8.28. The third-order valence-corrected chi connectivity index (χ3v) is 16.7. The van der Waals surface area contributed by atoms with Crippen LogP contribution in [-0.4, -0.2) is 16.7 Å². The summed E-state index contributed by atoms with van der Waals surface area (Å²) in [6, 6.07) is 23.3. The van der Waals surface area contributed by atoms with Crippen LogP contribution in [0.2, 0.25) is 0 Å². The van der Waals surface area contributed by atoms with E-state index in [9.17, 15) is 0 Å². The van der Waals surface area contributed by atoms with Crippen LogP contribution in [0.4, 0.5) is 0 Å². The smallest absolute Gasteiger partial charge is 0.00532 e. The zero-order valence-corrected chi connectivity index (χ0v) is 21.9. The van der Waals surface area contributed by atoms with Gasteiger partial charge >= 0.3 is 0 Å². The number of hydrogen-bond donors (Lipinski definition) is 0. The molecule has 0 amide bonds. The Morgan fingerprint density at radius 2 is 1.13 bits per heavy atom. The average molecular weight is 453 g/mol. The van der Waals surface area contributed by atoms with Gasteiger partial charge in [0, 0.05) is 16.7 Å². The second kappa shape index (κ2) is 10.9. The summed E-state index contributed by atoms with van der Waals surface area (Å²) in [4.78, 5) is 0. The minimum absolute atomic E-state index is 0.0674. The van der Waals surface area contributed by atoms with Gasteiger partial charge in [-0.1, -0.05) is 104 Å². The molecule has 0 spiro atoms. The van der Waals surface area contributed by atoms with Crippen LogP contribution in [0.15, 0.2) is 60.7 Å². The Hall–Kier alpha value is -0.700. The molecule has 0 aromatic heterocycles. The maximum absolute atomic E-state index is 2.49. The highest BCUT2D eigenvalue weighted by molar-refractivity contribution is 7.77. The summed E-state index contributed by atoms with van der Waals surface area (Å²) in [6.45, 7) is 9.94. The van der Waals surface area contributed by atoms with Gasteiger partial charge < -0.3 is 0 Å². The summed E-state index contributed by atoms with van der Waals surface area (Å²) in [5.74, 6) is 0.805. The van der Waals surface area contributed by atoms with E-state index in [4.69, 9.17) is 0 Å². The molecule has 0 bridgehead atoms. The van der Waals surface area contributed by atoms with E-state index in [0.29, 0.717) is 0 Å². The number of rotatable bonds is 8. The van der Waals surface area contributed by atoms with Crippen LogP contribution >= 0.6 is 15.8 Å². The summed E-state index contributed by atoms with van der Waals surface area (Å²) in [6.07, 6.45) is 10.1. The van der Waals surface area contributed by atoms with Crippen molar-refractivity contribution in [2.24, 2.45) is 5.92 Å². The zero-order chi connectivity index (χ0) is 21.8. The zero-order valence-electron chi connectivity index (χ0n) is 20.1. The van der Waals surface area contributed by atoms with Gasteiger partial charge in [-0.05, 0) is 73.3 Å². The molecule has 4 rings (SSSR count). The molecule has 2 heteroatoms. The molecule has 31 heavy (non-hydrogen) atoms. The van der Waals surface area contributed by atoms with Gasteiger partial charge in [0.1, 0.15) is 0 Å². The molecule has 2 aromatic rings. The molecule has 0 nitrogen and oxygen atoms in total. The fourth-order valence-electron chi connectivity index (χ4n) is 6.39. The molecule has 0 saturated carbocycles. The molecule has 168 valence electrons. The molecule has 2 aliphatic rings. The molecule has 0 aliphatic carbocycles. The summed E-state index contributed by atoms with van der Waals surface area (Å²) >= 11 is 0. The Balaban J connectivity index is 1.78. The molecule has 2 fully saturated rings. The first-order valence-corrected chi connectivity index (χ1v) is 15.9. The van der Waals surface area contributed by atoms with Crippen molar-refractivity contribution in [3.05, 3.63) is 71.8 Å². The molecule has 0 radical (unpaired) electrons.